The van der Waals surface area contributed by atoms with Gasteiger partial charge >= 0.3 is 0 Å². The molecule has 146 valence electrons. The molecule has 4 aromatic rings. The van der Waals surface area contributed by atoms with Crippen molar-refractivity contribution in [2.24, 2.45) is 0 Å². The molecule has 4 rings (SSSR count). The van der Waals surface area contributed by atoms with E-state index in [0.717, 1.165) is 5.69 Å². The van der Waals surface area contributed by atoms with Crippen molar-refractivity contribution in [2.45, 2.75) is 6.61 Å². The number of fused-ring (bicyclic) bond motifs is 1. The van der Waals surface area contributed by atoms with E-state index in [1.165, 1.54) is 0 Å². The van der Waals surface area contributed by atoms with E-state index < -0.39 is 0 Å². The molecular formula is C21H18ClN5O2. The van der Waals surface area contributed by atoms with Crippen molar-refractivity contribution >= 4 is 34.0 Å². The monoisotopic (exact) mass is 407 g/mol. The number of pyridine rings is 1. The van der Waals surface area contributed by atoms with Crippen LogP contribution in [-0.2, 0) is 6.61 Å². The molecule has 0 amide bonds. The van der Waals surface area contributed by atoms with Gasteiger partial charge in [-0.3, -0.25) is 4.98 Å². The molecule has 0 saturated heterocycles. The number of ether oxygens (including phenoxy) is 2. The first-order valence-corrected chi connectivity index (χ1v) is 9.16. The molecule has 0 spiro atoms. The van der Waals surface area contributed by atoms with Gasteiger partial charge in [-0.1, -0.05) is 17.7 Å². The van der Waals surface area contributed by atoms with E-state index >= 15 is 0 Å². The van der Waals surface area contributed by atoms with Crippen LogP contribution < -0.4 is 20.9 Å². The SMILES string of the molecule is COc1cc2nc(-c3ccc(OCc4ccccn4)cc3Cl)nc(N)c2cc1N. The zero-order valence-electron chi connectivity index (χ0n) is 15.6. The molecule has 0 unspecified atom stereocenters. The first kappa shape index (κ1) is 18.8. The van der Waals surface area contributed by atoms with Gasteiger partial charge in [0.2, 0.25) is 0 Å². The maximum absolute atomic E-state index is 6.47. The highest BCUT2D eigenvalue weighted by Crippen LogP contribution is 2.34. The van der Waals surface area contributed by atoms with Crippen molar-refractivity contribution in [3.05, 3.63) is 65.4 Å². The standard InChI is InChI=1S/C21H18ClN5O2/c1-28-19-10-18-15(9-17(19)23)20(24)27-21(26-18)14-6-5-13(8-16(14)22)29-11-12-4-2-3-7-25-12/h2-10H,11,23H2,1H3,(H2,24,26,27). The number of halogens is 1. The molecular weight excluding hydrogens is 390 g/mol. The Kier molecular flexibility index (Phi) is 5.05. The highest BCUT2D eigenvalue weighted by atomic mass is 35.5. The van der Waals surface area contributed by atoms with Gasteiger partial charge in [0.15, 0.2) is 5.82 Å². The third-order valence-electron chi connectivity index (χ3n) is 4.37. The van der Waals surface area contributed by atoms with Crippen LogP contribution >= 0.6 is 11.6 Å². The topological polar surface area (TPSA) is 109 Å². The molecule has 0 atom stereocenters. The fourth-order valence-electron chi connectivity index (χ4n) is 2.90. The summed E-state index contributed by atoms with van der Waals surface area (Å²) in [6.45, 7) is 0.344. The second kappa shape index (κ2) is 7.81. The largest absolute Gasteiger partial charge is 0.495 e. The van der Waals surface area contributed by atoms with Gasteiger partial charge in [0, 0.05) is 23.2 Å². The summed E-state index contributed by atoms with van der Waals surface area (Å²) in [5.41, 5.74) is 14.6. The molecule has 29 heavy (non-hydrogen) atoms. The van der Waals surface area contributed by atoms with Gasteiger partial charge < -0.3 is 20.9 Å². The molecule has 0 aliphatic carbocycles. The molecule has 8 heteroatoms. The third-order valence-corrected chi connectivity index (χ3v) is 4.68. The first-order valence-electron chi connectivity index (χ1n) is 8.78. The highest BCUT2D eigenvalue weighted by Gasteiger charge is 2.14. The molecule has 2 heterocycles. The number of hydrogen-bond donors (Lipinski definition) is 2. The van der Waals surface area contributed by atoms with Gasteiger partial charge in [-0.05, 0) is 36.4 Å². The molecule has 0 aliphatic heterocycles. The lowest BCUT2D eigenvalue weighted by Gasteiger charge is -2.11. The van der Waals surface area contributed by atoms with E-state index in [4.69, 9.17) is 32.5 Å². The predicted molar refractivity (Wildman–Crippen MR) is 114 cm³/mol. The summed E-state index contributed by atoms with van der Waals surface area (Å²) in [5.74, 6) is 1.85. The Morgan fingerprint density at radius 3 is 2.62 bits per heavy atom. The average Bonchev–Trinajstić information content (AvgIpc) is 2.73. The summed E-state index contributed by atoms with van der Waals surface area (Å²) in [7, 11) is 1.55. The van der Waals surface area contributed by atoms with Crippen LogP contribution in [0.5, 0.6) is 11.5 Å². The number of rotatable bonds is 5. The number of methoxy groups -OCH3 is 1. The van der Waals surface area contributed by atoms with Gasteiger partial charge in [-0.2, -0.15) is 0 Å². The molecule has 7 nitrogen and oxygen atoms in total. The second-order valence-corrected chi connectivity index (χ2v) is 6.70. The summed E-state index contributed by atoms with van der Waals surface area (Å²) in [6.07, 6.45) is 1.72. The summed E-state index contributed by atoms with van der Waals surface area (Å²) >= 11 is 6.47. The Bertz CT molecular complexity index is 1180. The van der Waals surface area contributed by atoms with Crippen molar-refractivity contribution in [2.75, 3.05) is 18.6 Å². The van der Waals surface area contributed by atoms with E-state index in [9.17, 15) is 0 Å². The van der Waals surface area contributed by atoms with Crippen molar-refractivity contribution < 1.29 is 9.47 Å². The first-order chi connectivity index (χ1) is 14.0. The van der Waals surface area contributed by atoms with E-state index in [1.54, 1.807) is 43.6 Å². The summed E-state index contributed by atoms with van der Waals surface area (Å²) in [6, 6.07) is 14.4. The van der Waals surface area contributed by atoms with Gasteiger partial charge in [0.25, 0.3) is 0 Å². The number of anilines is 2. The summed E-state index contributed by atoms with van der Waals surface area (Å²) < 4.78 is 11.0. The Morgan fingerprint density at radius 2 is 1.90 bits per heavy atom. The van der Waals surface area contributed by atoms with E-state index in [0.29, 0.717) is 56.9 Å². The fraction of sp³-hybridized carbons (Fsp3) is 0.0952. The van der Waals surface area contributed by atoms with Crippen molar-refractivity contribution in [1.82, 2.24) is 15.0 Å². The zero-order valence-corrected chi connectivity index (χ0v) is 16.3. The van der Waals surface area contributed by atoms with Crippen LogP contribution in [0.25, 0.3) is 22.3 Å². The van der Waals surface area contributed by atoms with Crippen LogP contribution in [0.3, 0.4) is 0 Å². The Balaban J connectivity index is 1.65. The summed E-state index contributed by atoms with van der Waals surface area (Å²) in [5, 5.41) is 1.10. The molecule has 0 fully saturated rings. The van der Waals surface area contributed by atoms with Crippen LogP contribution in [0.1, 0.15) is 5.69 Å². The molecule has 0 radical (unpaired) electrons. The number of nitrogens with two attached hydrogens (primary N) is 2. The quantitative estimate of drug-likeness (QED) is 0.479. The van der Waals surface area contributed by atoms with Crippen LogP contribution in [0.4, 0.5) is 11.5 Å². The normalized spacial score (nSPS) is 10.8. The molecule has 0 saturated carbocycles. The molecule has 4 N–H and O–H groups in total. The second-order valence-electron chi connectivity index (χ2n) is 6.30. The van der Waals surface area contributed by atoms with Crippen LogP contribution in [-0.4, -0.2) is 22.1 Å². The maximum Gasteiger partial charge on any atom is 0.163 e. The summed E-state index contributed by atoms with van der Waals surface area (Å²) in [4.78, 5) is 13.2. The Labute approximate surface area is 172 Å². The average molecular weight is 408 g/mol. The molecule has 2 aromatic heterocycles. The van der Waals surface area contributed by atoms with E-state index in [-0.39, 0.29) is 0 Å². The van der Waals surface area contributed by atoms with Crippen molar-refractivity contribution in [1.29, 1.82) is 0 Å². The maximum atomic E-state index is 6.47. The van der Waals surface area contributed by atoms with E-state index in [2.05, 4.69) is 15.0 Å². The lowest BCUT2D eigenvalue weighted by Crippen LogP contribution is -2.01. The molecule has 0 bridgehead atoms. The minimum atomic E-state index is 0.311. The third kappa shape index (κ3) is 3.86. The van der Waals surface area contributed by atoms with Crippen LogP contribution in [0.2, 0.25) is 5.02 Å². The number of hydrogen-bond acceptors (Lipinski definition) is 7. The minimum Gasteiger partial charge on any atom is -0.495 e. The number of aromatic nitrogens is 3. The molecule has 0 aliphatic rings. The Morgan fingerprint density at radius 1 is 1.03 bits per heavy atom. The Hall–Kier alpha value is -3.58. The fourth-order valence-corrected chi connectivity index (χ4v) is 3.16. The van der Waals surface area contributed by atoms with Crippen LogP contribution in [0, 0.1) is 0 Å². The number of nitrogen functional groups attached to an aromatic ring is 2. The van der Waals surface area contributed by atoms with Gasteiger partial charge in [0.05, 0.1) is 29.0 Å². The van der Waals surface area contributed by atoms with Gasteiger partial charge in [-0.25, -0.2) is 9.97 Å². The smallest absolute Gasteiger partial charge is 0.163 e. The zero-order chi connectivity index (χ0) is 20.4. The molecule has 2 aromatic carbocycles. The van der Waals surface area contributed by atoms with Gasteiger partial charge in [0.1, 0.15) is 23.9 Å². The lowest BCUT2D eigenvalue weighted by atomic mass is 10.1. The van der Waals surface area contributed by atoms with Crippen molar-refractivity contribution in [3.8, 4) is 22.9 Å². The van der Waals surface area contributed by atoms with E-state index in [1.807, 2.05) is 18.2 Å². The number of benzene rings is 2. The van der Waals surface area contributed by atoms with Crippen molar-refractivity contribution in [3.63, 3.8) is 0 Å². The lowest BCUT2D eigenvalue weighted by molar-refractivity contribution is 0.301. The minimum absolute atomic E-state index is 0.311. The predicted octanol–water partition coefficient (Wildman–Crippen LogP) is 4.10. The highest BCUT2D eigenvalue weighted by molar-refractivity contribution is 6.33. The number of nitrogens with zero attached hydrogens (tertiary/aromatic N) is 3. The van der Waals surface area contributed by atoms with Crippen LogP contribution in [0.15, 0.2) is 54.7 Å². The van der Waals surface area contributed by atoms with Gasteiger partial charge in [-0.15, -0.1) is 0 Å².